The molecule has 0 aliphatic heterocycles. The minimum absolute atomic E-state index is 0.529. The summed E-state index contributed by atoms with van der Waals surface area (Å²) < 4.78 is 161. The van der Waals surface area contributed by atoms with Crippen molar-refractivity contribution in [2.24, 2.45) is 0 Å². The van der Waals surface area contributed by atoms with Gasteiger partial charge in [-0.25, -0.2) is 0 Å². The van der Waals surface area contributed by atoms with Crippen LogP contribution in [0.15, 0.2) is 12.1 Å². The maximum absolute atomic E-state index is 13.5. The Labute approximate surface area is 146 Å². The van der Waals surface area contributed by atoms with Gasteiger partial charge in [-0.2, -0.15) is 47.9 Å². The van der Waals surface area contributed by atoms with Crippen LogP contribution in [0.1, 0.15) is 13.8 Å². The van der Waals surface area contributed by atoms with Crippen LogP contribution in [0.4, 0.5) is 39.5 Å². The molecular formula is C10H12F9O6PS. The average molecular weight is 462 g/mol. The largest absolute Gasteiger partial charge is 0.460 e. The van der Waals surface area contributed by atoms with E-state index in [0.29, 0.717) is 0 Å². The summed E-state index contributed by atoms with van der Waals surface area (Å²) in [6, 6.07) is 0. The van der Waals surface area contributed by atoms with Gasteiger partial charge in [0.05, 0.1) is 13.2 Å². The molecule has 162 valence electrons. The van der Waals surface area contributed by atoms with Gasteiger partial charge in [-0.3, -0.25) is 4.57 Å². The molecule has 0 atom stereocenters. The van der Waals surface area contributed by atoms with Crippen molar-refractivity contribution >= 4 is 17.7 Å². The van der Waals surface area contributed by atoms with Gasteiger partial charge in [0.15, 0.2) is 0 Å². The third kappa shape index (κ3) is 4.54. The van der Waals surface area contributed by atoms with Crippen molar-refractivity contribution in [2.75, 3.05) is 13.2 Å². The fraction of sp³-hybridized carbons (Fsp3) is 0.800. The van der Waals surface area contributed by atoms with Crippen molar-refractivity contribution in [1.29, 1.82) is 0 Å². The molecule has 27 heavy (non-hydrogen) atoms. The van der Waals surface area contributed by atoms with Crippen molar-refractivity contribution in [3.8, 4) is 0 Å². The molecule has 0 fully saturated rings. The highest BCUT2D eigenvalue weighted by atomic mass is 32.2. The van der Waals surface area contributed by atoms with Crippen LogP contribution < -0.4 is 0 Å². The van der Waals surface area contributed by atoms with Crippen LogP contribution in [0.3, 0.4) is 0 Å². The van der Waals surface area contributed by atoms with Crippen molar-refractivity contribution < 1.29 is 65.7 Å². The van der Waals surface area contributed by atoms with Crippen molar-refractivity contribution in [1.82, 2.24) is 0 Å². The summed E-state index contributed by atoms with van der Waals surface area (Å²) in [6.07, 6.45) is -7.24. The zero-order valence-corrected chi connectivity index (χ0v) is 15.0. The molecule has 0 aromatic rings. The molecule has 0 rings (SSSR count). The zero-order chi connectivity index (χ0) is 22.1. The first-order valence-electron chi connectivity index (χ1n) is 6.48. The minimum Gasteiger partial charge on any atom is -0.370 e. The molecule has 0 unspecified atom stereocenters. The van der Waals surface area contributed by atoms with Crippen molar-refractivity contribution in [3.63, 3.8) is 0 Å². The van der Waals surface area contributed by atoms with Gasteiger partial charge >= 0.3 is 41.0 Å². The molecule has 0 bridgehead atoms. The van der Waals surface area contributed by atoms with E-state index in [4.69, 9.17) is 0 Å². The van der Waals surface area contributed by atoms with Crippen LogP contribution in [0.2, 0.25) is 0 Å². The van der Waals surface area contributed by atoms with Crippen LogP contribution >= 0.6 is 7.60 Å². The second kappa shape index (κ2) is 7.79. The highest BCUT2D eigenvalue weighted by Gasteiger charge is 2.86. The van der Waals surface area contributed by atoms with E-state index in [2.05, 4.69) is 19.8 Å². The molecule has 0 radical (unpaired) electrons. The number of rotatable bonds is 10. The first-order chi connectivity index (χ1) is 11.7. The number of hydrogen-bond acceptors (Lipinski definition) is 6. The van der Waals surface area contributed by atoms with E-state index in [9.17, 15) is 52.5 Å². The van der Waals surface area contributed by atoms with Gasteiger partial charge in [0.2, 0.25) is 5.50 Å². The van der Waals surface area contributed by atoms with E-state index in [1.807, 2.05) is 0 Å². The van der Waals surface area contributed by atoms with Crippen LogP contribution in [-0.2, 0) is 27.9 Å². The molecule has 0 heterocycles. The van der Waals surface area contributed by atoms with E-state index in [1.54, 1.807) is 0 Å². The van der Waals surface area contributed by atoms with Gasteiger partial charge in [-0.15, -0.1) is 0 Å². The van der Waals surface area contributed by atoms with Crippen LogP contribution in [0, 0.1) is 0 Å². The molecule has 0 amide bonds. The van der Waals surface area contributed by atoms with Crippen molar-refractivity contribution in [3.05, 3.63) is 12.1 Å². The van der Waals surface area contributed by atoms with E-state index in [0.717, 1.165) is 13.8 Å². The smallest absolute Gasteiger partial charge is 0.370 e. The van der Waals surface area contributed by atoms with Gasteiger partial charge in [0.1, 0.15) is 0 Å². The fourth-order valence-electron chi connectivity index (χ4n) is 1.26. The second-order valence-corrected chi connectivity index (χ2v) is 8.03. The van der Waals surface area contributed by atoms with Crippen LogP contribution in [0.5, 0.6) is 0 Å². The lowest BCUT2D eigenvalue weighted by atomic mass is 10.1. The molecular weight excluding hydrogens is 450 g/mol. The maximum Gasteiger partial charge on any atom is 0.460 e. The van der Waals surface area contributed by atoms with E-state index in [1.165, 1.54) is 0 Å². The Kier molecular flexibility index (Phi) is 7.51. The second-order valence-electron chi connectivity index (χ2n) is 4.43. The van der Waals surface area contributed by atoms with E-state index in [-0.39, 0.29) is 0 Å². The van der Waals surface area contributed by atoms with Gasteiger partial charge in [-0.05, 0) is 20.4 Å². The van der Waals surface area contributed by atoms with Crippen LogP contribution in [0.25, 0.3) is 0 Å². The molecule has 6 nitrogen and oxygen atoms in total. The molecule has 0 aliphatic rings. The third-order valence-corrected chi connectivity index (χ3v) is 5.87. The standard InChI is InChI=1S/C10H12F9O6PS/c1-4-23-26(20,24-5-2)6(3)25-27(21,22)10(18,19)8(13,14)7(11,12)9(15,16)17/h3-5H2,1-2H3. The summed E-state index contributed by atoms with van der Waals surface area (Å²) >= 11 is 0. The molecule has 0 N–H and O–H groups in total. The number of alkyl halides is 9. The summed E-state index contributed by atoms with van der Waals surface area (Å²) in [6.45, 7) is 3.77. The summed E-state index contributed by atoms with van der Waals surface area (Å²) in [4.78, 5) is 0. The summed E-state index contributed by atoms with van der Waals surface area (Å²) in [5, 5.41) is -7.12. The highest BCUT2D eigenvalue weighted by Crippen LogP contribution is 2.59. The minimum atomic E-state index is -7.50. The van der Waals surface area contributed by atoms with Gasteiger partial charge in [0, 0.05) is 0 Å². The number of hydrogen-bond donors (Lipinski definition) is 0. The molecule has 0 spiro atoms. The lowest BCUT2D eigenvalue weighted by molar-refractivity contribution is -0.382. The molecule has 0 aromatic heterocycles. The Hall–Kier alpha value is -0.990. The normalized spacial score (nSPS) is 14.9. The lowest BCUT2D eigenvalue weighted by Crippen LogP contribution is -2.63. The highest BCUT2D eigenvalue weighted by molar-refractivity contribution is 7.88. The Morgan fingerprint density at radius 3 is 1.56 bits per heavy atom. The Balaban J connectivity index is 6.07. The van der Waals surface area contributed by atoms with Gasteiger partial charge in [0.25, 0.3) is 0 Å². The molecule has 0 aromatic carbocycles. The van der Waals surface area contributed by atoms with Gasteiger partial charge in [-0.1, -0.05) is 0 Å². The fourth-order valence-corrected chi connectivity index (χ4v) is 3.77. The van der Waals surface area contributed by atoms with Crippen molar-refractivity contribution in [2.45, 2.75) is 37.1 Å². The quantitative estimate of drug-likeness (QED) is 0.206. The predicted molar refractivity (Wildman–Crippen MR) is 70.9 cm³/mol. The maximum atomic E-state index is 13.5. The zero-order valence-electron chi connectivity index (χ0n) is 13.3. The Morgan fingerprint density at radius 1 is 0.889 bits per heavy atom. The van der Waals surface area contributed by atoms with Gasteiger partial charge < -0.3 is 13.2 Å². The Bertz CT molecular complexity index is 692. The summed E-state index contributed by atoms with van der Waals surface area (Å²) in [7, 11) is -12.2. The first-order valence-corrected chi connectivity index (χ1v) is 9.43. The third-order valence-electron chi connectivity index (χ3n) is 2.54. The molecule has 0 saturated heterocycles. The monoisotopic (exact) mass is 462 g/mol. The number of halogens is 9. The predicted octanol–water partition coefficient (Wildman–Crippen LogP) is 4.50. The Morgan fingerprint density at radius 2 is 1.26 bits per heavy atom. The van der Waals surface area contributed by atoms with Crippen LogP contribution in [-0.4, -0.2) is 44.9 Å². The summed E-state index contributed by atoms with van der Waals surface area (Å²) in [5.41, 5.74) is -1.85. The topological polar surface area (TPSA) is 78.9 Å². The molecule has 0 aliphatic carbocycles. The average Bonchev–Trinajstić information content (AvgIpc) is 2.45. The van der Waals surface area contributed by atoms with E-state index < -0.39 is 59.7 Å². The molecule has 0 saturated carbocycles. The first kappa shape index (κ1) is 26.0. The summed E-state index contributed by atoms with van der Waals surface area (Å²) in [5.74, 6) is -15.0. The molecule has 17 heteroatoms. The van der Waals surface area contributed by atoms with E-state index >= 15 is 0 Å². The lowest BCUT2D eigenvalue weighted by Gasteiger charge is -2.32. The SMILES string of the molecule is C=C(OS(=O)(=O)C(F)(F)C(F)(F)C(F)(F)C(F)(F)F)P(=O)(OCC)OCC.